The van der Waals surface area contributed by atoms with Crippen molar-refractivity contribution in [1.29, 1.82) is 0 Å². The van der Waals surface area contributed by atoms with E-state index in [9.17, 15) is 9.59 Å². The zero-order valence-electron chi connectivity index (χ0n) is 18.6. The Bertz CT molecular complexity index is 1450. The van der Waals surface area contributed by atoms with Gasteiger partial charge in [-0.3, -0.25) is 9.36 Å². The average Bonchev–Trinajstić information content (AvgIpc) is 3.53. The lowest BCUT2D eigenvalue weighted by molar-refractivity contribution is 0.0940. The summed E-state index contributed by atoms with van der Waals surface area (Å²) >= 11 is 5.98. The third-order valence-electron chi connectivity index (χ3n) is 6.48. The molecule has 6 rings (SSSR count). The number of benzene rings is 2. The fraction of sp³-hybridized carbons (Fsp3) is 0.280. The van der Waals surface area contributed by atoms with Gasteiger partial charge in [-0.25, -0.2) is 14.8 Å². The molecule has 1 amide bonds. The summed E-state index contributed by atoms with van der Waals surface area (Å²) in [4.78, 5) is 35.5. The minimum Gasteiger partial charge on any atom is -0.489 e. The summed E-state index contributed by atoms with van der Waals surface area (Å²) < 4.78 is 18.7. The summed E-state index contributed by atoms with van der Waals surface area (Å²) in [6.07, 6.45) is 5.38. The number of ether oxygens (including phenoxy) is 2. The van der Waals surface area contributed by atoms with E-state index in [1.807, 2.05) is 12.1 Å². The van der Waals surface area contributed by atoms with Crippen LogP contribution in [0, 0.1) is 0 Å². The zero-order valence-corrected chi connectivity index (χ0v) is 19.4. The van der Waals surface area contributed by atoms with Gasteiger partial charge in [-0.1, -0.05) is 23.7 Å². The quantitative estimate of drug-likeness (QED) is 0.413. The smallest absolute Gasteiger partial charge is 0.410 e. The van der Waals surface area contributed by atoms with Crippen LogP contribution in [-0.4, -0.2) is 50.8 Å². The standard InChI is InChI=1S/C25H21ClN4O5/c26-16-3-1-15(2-4-16)11-29-13-28-21-8-20(23-10-27-14-34-23)22(9-19(21)24(29)31)35-18-5-6-30-17(7-18)12-33-25(30)32/h1-4,8-10,13-14,17-18H,5-7,11-12H2/t17-,18-/m0/s1. The van der Waals surface area contributed by atoms with Gasteiger partial charge in [0.25, 0.3) is 5.56 Å². The molecule has 0 spiro atoms. The molecular formula is C25H21ClN4O5. The van der Waals surface area contributed by atoms with Gasteiger partial charge < -0.3 is 18.8 Å². The second kappa shape index (κ2) is 8.74. The van der Waals surface area contributed by atoms with E-state index in [4.69, 9.17) is 25.5 Å². The summed E-state index contributed by atoms with van der Waals surface area (Å²) in [6.45, 7) is 1.30. The van der Waals surface area contributed by atoms with Crippen molar-refractivity contribution in [3.63, 3.8) is 0 Å². The highest BCUT2D eigenvalue weighted by atomic mass is 35.5. The van der Waals surface area contributed by atoms with Crippen LogP contribution >= 0.6 is 11.6 Å². The van der Waals surface area contributed by atoms with Gasteiger partial charge in [0, 0.05) is 24.4 Å². The first-order valence-corrected chi connectivity index (χ1v) is 11.7. The Morgan fingerprint density at radius 2 is 2.03 bits per heavy atom. The van der Waals surface area contributed by atoms with E-state index < -0.39 is 0 Å². The molecule has 0 bridgehead atoms. The minimum atomic E-state index is -0.270. The van der Waals surface area contributed by atoms with E-state index in [0.29, 0.717) is 65.5 Å². The van der Waals surface area contributed by atoms with Crippen LogP contribution in [-0.2, 0) is 11.3 Å². The summed E-state index contributed by atoms with van der Waals surface area (Å²) in [5.74, 6) is 1.03. The van der Waals surface area contributed by atoms with Crippen LogP contribution in [0.2, 0.25) is 5.02 Å². The van der Waals surface area contributed by atoms with Crippen LogP contribution in [0.1, 0.15) is 18.4 Å². The van der Waals surface area contributed by atoms with Crippen LogP contribution < -0.4 is 10.3 Å². The van der Waals surface area contributed by atoms with E-state index in [1.165, 1.54) is 12.7 Å². The maximum absolute atomic E-state index is 13.4. The number of amides is 1. The monoisotopic (exact) mass is 492 g/mol. The molecule has 0 radical (unpaired) electrons. The third-order valence-corrected chi connectivity index (χ3v) is 6.74. The Morgan fingerprint density at radius 1 is 1.17 bits per heavy atom. The zero-order chi connectivity index (χ0) is 23.9. The largest absolute Gasteiger partial charge is 0.489 e. The highest BCUT2D eigenvalue weighted by Gasteiger charge is 2.39. The predicted molar refractivity (Wildman–Crippen MR) is 128 cm³/mol. The fourth-order valence-electron chi connectivity index (χ4n) is 4.67. The topological polar surface area (TPSA) is 99.7 Å². The number of carbonyl (C=O) groups is 1. The van der Waals surface area contributed by atoms with Gasteiger partial charge in [0.1, 0.15) is 18.5 Å². The van der Waals surface area contributed by atoms with Crippen molar-refractivity contribution in [2.24, 2.45) is 0 Å². The molecule has 10 heteroatoms. The minimum absolute atomic E-state index is 0.00583. The van der Waals surface area contributed by atoms with Gasteiger partial charge >= 0.3 is 6.09 Å². The average molecular weight is 493 g/mol. The third kappa shape index (κ3) is 4.12. The molecule has 2 saturated heterocycles. The SMILES string of the molecule is O=C1OC[C@@H]2C[C@@H](Oc3cc4c(=O)n(Cc5ccc(Cl)cc5)cnc4cc3-c3cnco3)CCN12. The van der Waals surface area contributed by atoms with E-state index in [-0.39, 0.29) is 23.8 Å². The van der Waals surface area contributed by atoms with E-state index in [2.05, 4.69) is 9.97 Å². The molecule has 0 aliphatic carbocycles. The van der Waals surface area contributed by atoms with Crippen LogP contribution in [0.3, 0.4) is 0 Å². The Balaban J connectivity index is 1.36. The van der Waals surface area contributed by atoms with Crippen molar-refractivity contribution in [2.45, 2.75) is 31.5 Å². The number of hydrogen-bond acceptors (Lipinski definition) is 7. The second-order valence-electron chi connectivity index (χ2n) is 8.72. The van der Waals surface area contributed by atoms with Crippen LogP contribution in [0.15, 0.2) is 64.5 Å². The number of rotatable bonds is 5. The van der Waals surface area contributed by atoms with Crippen molar-refractivity contribution in [2.75, 3.05) is 13.2 Å². The Kier molecular flexibility index (Phi) is 5.41. The number of hydrogen-bond donors (Lipinski definition) is 0. The fourth-order valence-corrected chi connectivity index (χ4v) is 4.80. The Morgan fingerprint density at radius 3 is 2.83 bits per heavy atom. The normalized spacial score (nSPS) is 19.6. The summed E-state index contributed by atoms with van der Waals surface area (Å²) in [6, 6.07) is 10.9. The number of aromatic nitrogens is 3. The molecule has 9 nitrogen and oxygen atoms in total. The first-order valence-electron chi connectivity index (χ1n) is 11.3. The lowest BCUT2D eigenvalue weighted by Crippen LogP contribution is -2.44. The number of carbonyl (C=O) groups excluding carboxylic acids is 1. The molecule has 2 aromatic carbocycles. The first-order chi connectivity index (χ1) is 17.0. The molecule has 178 valence electrons. The number of fused-ring (bicyclic) bond motifs is 2. The number of nitrogens with zero attached hydrogens (tertiary/aromatic N) is 4. The van der Waals surface area contributed by atoms with Crippen LogP contribution in [0.25, 0.3) is 22.2 Å². The molecule has 2 atom stereocenters. The highest BCUT2D eigenvalue weighted by Crippen LogP contribution is 2.35. The Hall–Kier alpha value is -3.85. The lowest BCUT2D eigenvalue weighted by Gasteiger charge is -2.32. The van der Waals surface area contributed by atoms with Crippen molar-refractivity contribution in [1.82, 2.24) is 19.4 Å². The molecule has 2 aromatic heterocycles. The molecule has 2 aliphatic rings. The van der Waals surface area contributed by atoms with E-state index in [0.717, 1.165) is 5.56 Å². The second-order valence-corrected chi connectivity index (χ2v) is 9.16. The number of oxazole rings is 1. The number of cyclic esters (lactones) is 1. The van der Waals surface area contributed by atoms with Crippen molar-refractivity contribution in [3.05, 3.63) is 76.3 Å². The lowest BCUT2D eigenvalue weighted by atomic mass is 10.0. The molecule has 4 aromatic rings. The number of piperidine rings is 1. The molecule has 35 heavy (non-hydrogen) atoms. The van der Waals surface area contributed by atoms with Gasteiger partial charge in [-0.15, -0.1) is 0 Å². The number of halogens is 1. The highest BCUT2D eigenvalue weighted by molar-refractivity contribution is 6.30. The molecular weight excluding hydrogens is 472 g/mol. The Labute approximate surface area is 204 Å². The van der Waals surface area contributed by atoms with Gasteiger partial charge in [0.05, 0.1) is 41.6 Å². The van der Waals surface area contributed by atoms with Gasteiger partial charge in [0.2, 0.25) is 0 Å². The molecule has 0 saturated carbocycles. The molecule has 4 heterocycles. The first kappa shape index (κ1) is 21.7. The van der Waals surface area contributed by atoms with Crippen LogP contribution in [0.5, 0.6) is 5.75 Å². The van der Waals surface area contributed by atoms with Crippen molar-refractivity contribution in [3.8, 4) is 17.1 Å². The van der Waals surface area contributed by atoms with Gasteiger partial charge in [0.15, 0.2) is 12.2 Å². The predicted octanol–water partition coefficient (Wildman–Crippen LogP) is 4.12. The van der Waals surface area contributed by atoms with Crippen molar-refractivity contribution >= 4 is 28.6 Å². The maximum atomic E-state index is 13.4. The van der Waals surface area contributed by atoms with E-state index >= 15 is 0 Å². The van der Waals surface area contributed by atoms with Gasteiger partial charge in [-0.2, -0.15) is 0 Å². The molecule has 2 aliphatic heterocycles. The molecule has 0 N–H and O–H groups in total. The summed E-state index contributed by atoms with van der Waals surface area (Å²) in [5, 5.41) is 1.08. The van der Waals surface area contributed by atoms with E-state index in [1.54, 1.807) is 39.9 Å². The van der Waals surface area contributed by atoms with Gasteiger partial charge in [-0.05, 0) is 29.8 Å². The molecule has 0 unspecified atom stereocenters. The molecule has 2 fully saturated rings. The summed E-state index contributed by atoms with van der Waals surface area (Å²) in [5.41, 5.74) is 1.96. The summed E-state index contributed by atoms with van der Waals surface area (Å²) in [7, 11) is 0. The van der Waals surface area contributed by atoms with Crippen LogP contribution in [0.4, 0.5) is 4.79 Å². The van der Waals surface area contributed by atoms with Crippen molar-refractivity contribution < 1.29 is 18.7 Å². The maximum Gasteiger partial charge on any atom is 0.410 e.